The lowest BCUT2D eigenvalue weighted by Crippen LogP contribution is -2.44. The third-order valence-electron chi connectivity index (χ3n) is 6.47. The Kier molecular flexibility index (Phi) is 7.80. The van der Waals surface area contributed by atoms with Gasteiger partial charge in [0, 0.05) is 5.56 Å². The first-order valence-electron chi connectivity index (χ1n) is 11.6. The second kappa shape index (κ2) is 10.9. The number of hydrogen-bond acceptors (Lipinski definition) is 7. The number of amides is 2. The molecule has 1 fully saturated rings. The van der Waals surface area contributed by atoms with Gasteiger partial charge in [-0.2, -0.15) is 0 Å². The molecule has 4 rings (SSSR count). The highest BCUT2D eigenvalue weighted by Gasteiger charge is 2.51. The standard InChI is InChI=1S/C27H23Cl2NO7/c1-14-3-9-19-20(11-14)25(33)30(24(19)32)15(2)26(34)36-13-23(31)16-4-7-18(8-5-16)37-27(35)17-6-10-21(28)22(29)12-17/h3-8,10,12,15,19-20H,9,11,13H2,1-2H3. The van der Waals surface area contributed by atoms with Gasteiger partial charge in [0.05, 0.1) is 27.4 Å². The number of fused-ring (bicyclic) bond motifs is 1. The Hall–Kier alpha value is -3.49. The van der Waals surface area contributed by atoms with Gasteiger partial charge in [-0.25, -0.2) is 9.59 Å². The summed E-state index contributed by atoms with van der Waals surface area (Å²) in [5.74, 6) is -3.50. The number of Topliss-reactive ketones (excluding diaryl/α,β-unsaturated/α-hetero) is 1. The second-order valence-electron chi connectivity index (χ2n) is 9.00. The summed E-state index contributed by atoms with van der Waals surface area (Å²) in [4.78, 5) is 63.9. The van der Waals surface area contributed by atoms with Crippen molar-refractivity contribution in [3.8, 4) is 5.75 Å². The van der Waals surface area contributed by atoms with E-state index in [2.05, 4.69) is 0 Å². The Morgan fingerprint density at radius 3 is 2.30 bits per heavy atom. The highest BCUT2D eigenvalue weighted by Crippen LogP contribution is 2.38. The van der Waals surface area contributed by atoms with Crippen molar-refractivity contribution in [3.63, 3.8) is 0 Å². The van der Waals surface area contributed by atoms with Crippen molar-refractivity contribution >= 4 is 52.7 Å². The van der Waals surface area contributed by atoms with E-state index in [4.69, 9.17) is 32.7 Å². The summed E-state index contributed by atoms with van der Waals surface area (Å²) in [7, 11) is 0. The number of benzene rings is 2. The molecule has 0 N–H and O–H groups in total. The molecule has 3 atom stereocenters. The third-order valence-corrected chi connectivity index (χ3v) is 7.21. The molecule has 8 nitrogen and oxygen atoms in total. The summed E-state index contributed by atoms with van der Waals surface area (Å²) in [5.41, 5.74) is 1.46. The molecule has 1 aliphatic heterocycles. The zero-order valence-electron chi connectivity index (χ0n) is 20.0. The molecule has 0 bridgehead atoms. The number of ketones is 1. The number of rotatable bonds is 7. The minimum absolute atomic E-state index is 0.190. The predicted octanol–water partition coefficient (Wildman–Crippen LogP) is 4.67. The molecular formula is C27H23Cl2NO7. The number of carbonyl (C=O) groups is 5. The molecule has 0 radical (unpaired) electrons. The molecule has 1 heterocycles. The molecule has 2 amide bonds. The van der Waals surface area contributed by atoms with Crippen molar-refractivity contribution < 1.29 is 33.4 Å². The average molecular weight is 544 g/mol. The first-order valence-corrected chi connectivity index (χ1v) is 12.3. The average Bonchev–Trinajstić information content (AvgIpc) is 3.12. The fraction of sp³-hybridized carbons (Fsp3) is 0.296. The number of hydrogen-bond donors (Lipinski definition) is 0. The second-order valence-corrected chi connectivity index (χ2v) is 9.81. The van der Waals surface area contributed by atoms with Crippen molar-refractivity contribution in [2.24, 2.45) is 11.8 Å². The number of esters is 2. The Morgan fingerprint density at radius 1 is 0.973 bits per heavy atom. The van der Waals surface area contributed by atoms with Crippen LogP contribution in [0.25, 0.3) is 0 Å². The fourth-order valence-corrected chi connectivity index (χ4v) is 4.69. The summed E-state index contributed by atoms with van der Waals surface area (Å²) in [6.45, 7) is 2.75. The molecule has 1 saturated heterocycles. The largest absolute Gasteiger partial charge is 0.456 e. The van der Waals surface area contributed by atoms with Gasteiger partial charge < -0.3 is 9.47 Å². The van der Waals surface area contributed by atoms with E-state index in [0.29, 0.717) is 17.9 Å². The third kappa shape index (κ3) is 5.60. The maximum atomic E-state index is 12.8. The number of allylic oxidation sites excluding steroid dienone is 2. The SMILES string of the molecule is CC1=CCC2C(=O)N(C(C)C(=O)OCC(=O)c3ccc(OC(=O)c4ccc(Cl)c(Cl)c4)cc3)C(=O)C2C1. The molecule has 2 aromatic rings. The maximum absolute atomic E-state index is 12.8. The summed E-state index contributed by atoms with van der Waals surface area (Å²) >= 11 is 11.8. The van der Waals surface area contributed by atoms with Crippen LogP contribution in [0.4, 0.5) is 0 Å². The van der Waals surface area contributed by atoms with Crippen molar-refractivity contribution in [2.45, 2.75) is 32.7 Å². The number of likely N-dealkylation sites (tertiary alicyclic amines) is 1. The van der Waals surface area contributed by atoms with Gasteiger partial charge in [0.2, 0.25) is 11.8 Å². The summed E-state index contributed by atoms with van der Waals surface area (Å²) < 4.78 is 10.4. The van der Waals surface area contributed by atoms with E-state index in [9.17, 15) is 24.0 Å². The summed E-state index contributed by atoms with van der Waals surface area (Å²) in [6, 6.07) is 8.88. The molecule has 0 spiro atoms. The quantitative estimate of drug-likeness (QED) is 0.164. The molecular weight excluding hydrogens is 521 g/mol. The monoisotopic (exact) mass is 543 g/mol. The number of halogens is 2. The van der Waals surface area contributed by atoms with E-state index < -0.39 is 42.2 Å². The number of carbonyl (C=O) groups excluding carboxylic acids is 5. The van der Waals surface area contributed by atoms with Gasteiger partial charge in [-0.05, 0) is 69.2 Å². The van der Waals surface area contributed by atoms with Crippen molar-refractivity contribution in [1.29, 1.82) is 0 Å². The molecule has 10 heteroatoms. The normalized spacial score (nSPS) is 19.7. The molecule has 3 unspecified atom stereocenters. The van der Waals surface area contributed by atoms with Crippen molar-refractivity contribution in [2.75, 3.05) is 6.61 Å². The fourth-order valence-electron chi connectivity index (χ4n) is 4.39. The lowest BCUT2D eigenvalue weighted by atomic mass is 9.82. The zero-order valence-corrected chi connectivity index (χ0v) is 21.5. The lowest BCUT2D eigenvalue weighted by molar-refractivity contribution is -0.157. The molecule has 2 aliphatic rings. The van der Waals surface area contributed by atoms with Crippen LogP contribution >= 0.6 is 23.2 Å². The minimum Gasteiger partial charge on any atom is -0.456 e. The van der Waals surface area contributed by atoms with Gasteiger partial charge >= 0.3 is 11.9 Å². The zero-order chi connectivity index (χ0) is 26.9. The van der Waals surface area contributed by atoms with E-state index in [-0.39, 0.29) is 33.7 Å². The van der Waals surface area contributed by atoms with Gasteiger partial charge in [-0.15, -0.1) is 0 Å². The molecule has 2 aromatic carbocycles. The predicted molar refractivity (Wildman–Crippen MR) is 134 cm³/mol. The smallest absolute Gasteiger partial charge is 0.343 e. The summed E-state index contributed by atoms with van der Waals surface area (Å²) in [6.07, 6.45) is 2.90. The number of ether oxygens (including phenoxy) is 2. The number of nitrogens with zero attached hydrogens (tertiary/aromatic N) is 1. The molecule has 0 saturated carbocycles. The van der Waals surface area contributed by atoms with Crippen LogP contribution in [0.3, 0.4) is 0 Å². The Morgan fingerprint density at radius 2 is 1.62 bits per heavy atom. The van der Waals surface area contributed by atoms with Crippen LogP contribution in [0, 0.1) is 11.8 Å². The van der Waals surface area contributed by atoms with Crippen LogP contribution in [0.15, 0.2) is 54.1 Å². The Balaban J connectivity index is 1.31. The van der Waals surface area contributed by atoms with Gasteiger partial charge in [0.1, 0.15) is 11.8 Å². The Bertz CT molecular complexity index is 1320. The van der Waals surface area contributed by atoms with Crippen molar-refractivity contribution in [1.82, 2.24) is 4.90 Å². The van der Waals surface area contributed by atoms with Crippen LogP contribution in [0.5, 0.6) is 5.75 Å². The van der Waals surface area contributed by atoms with E-state index in [1.165, 1.54) is 49.4 Å². The molecule has 37 heavy (non-hydrogen) atoms. The number of imide groups is 1. The van der Waals surface area contributed by atoms with E-state index >= 15 is 0 Å². The first kappa shape index (κ1) is 26.6. The van der Waals surface area contributed by atoms with Gasteiger partial charge in [-0.1, -0.05) is 34.9 Å². The molecule has 0 aromatic heterocycles. The van der Waals surface area contributed by atoms with Gasteiger partial charge in [-0.3, -0.25) is 19.3 Å². The van der Waals surface area contributed by atoms with Gasteiger partial charge in [0.15, 0.2) is 12.4 Å². The topological polar surface area (TPSA) is 107 Å². The first-order chi connectivity index (χ1) is 17.6. The summed E-state index contributed by atoms with van der Waals surface area (Å²) in [5, 5.41) is 0.519. The van der Waals surface area contributed by atoms with Crippen LogP contribution in [-0.4, -0.2) is 47.1 Å². The Labute approximate surface area is 223 Å². The molecule has 1 aliphatic carbocycles. The molecule has 192 valence electrons. The highest BCUT2D eigenvalue weighted by molar-refractivity contribution is 6.42. The van der Waals surface area contributed by atoms with Crippen molar-refractivity contribution in [3.05, 3.63) is 75.3 Å². The minimum atomic E-state index is -1.14. The van der Waals surface area contributed by atoms with Gasteiger partial charge in [0.25, 0.3) is 0 Å². The van der Waals surface area contributed by atoms with Crippen LogP contribution < -0.4 is 4.74 Å². The van der Waals surface area contributed by atoms with E-state index in [0.717, 1.165) is 10.5 Å². The van der Waals surface area contributed by atoms with Crippen LogP contribution in [-0.2, 0) is 19.1 Å². The van der Waals surface area contributed by atoms with Crippen LogP contribution in [0.2, 0.25) is 10.0 Å². The highest BCUT2D eigenvalue weighted by atomic mass is 35.5. The van der Waals surface area contributed by atoms with E-state index in [1.54, 1.807) is 0 Å². The van der Waals surface area contributed by atoms with Crippen LogP contribution in [0.1, 0.15) is 47.4 Å². The maximum Gasteiger partial charge on any atom is 0.343 e. The van der Waals surface area contributed by atoms with E-state index in [1.807, 2.05) is 13.0 Å². The lowest BCUT2D eigenvalue weighted by Gasteiger charge is -2.21.